The van der Waals surface area contributed by atoms with Gasteiger partial charge in [-0.05, 0) is 134 Å². The Morgan fingerprint density at radius 3 is 2.29 bits per heavy atom. The molecule has 0 spiro atoms. The number of hydrogen-bond acceptors (Lipinski definition) is 3. The van der Waals surface area contributed by atoms with Crippen LogP contribution in [0, 0.1) is 66.8 Å². The molecule has 5 aliphatic rings. The minimum atomic E-state index is -0.257. The molecule has 0 aliphatic heterocycles. The Balaban J connectivity index is 1.55. The van der Waals surface area contributed by atoms with Crippen molar-refractivity contribution in [2.24, 2.45) is 56.7 Å². The molecular formula is C31H49NO3. The predicted molar refractivity (Wildman–Crippen MR) is 141 cm³/mol. The van der Waals surface area contributed by atoms with E-state index in [1.54, 1.807) is 0 Å². The number of aliphatic hydroxyl groups excluding tert-OH is 1. The Kier molecular flexibility index (Phi) is 5.77. The number of hydrogen-bond donors (Lipinski definition) is 1. The summed E-state index contributed by atoms with van der Waals surface area (Å²) >= 11 is 0. The molecule has 5 rings (SSSR count). The van der Waals surface area contributed by atoms with E-state index in [0.717, 1.165) is 32.1 Å². The molecule has 10 atom stereocenters. The topological polar surface area (TPSA) is 63.4 Å². The lowest BCUT2D eigenvalue weighted by Crippen LogP contribution is -2.66. The molecule has 5 saturated carbocycles. The highest BCUT2D eigenvalue weighted by Crippen LogP contribution is 2.77. The summed E-state index contributed by atoms with van der Waals surface area (Å²) in [6.07, 6.45) is 14.6. The Morgan fingerprint density at radius 2 is 1.63 bits per heavy atom. The first-order valence-electron chi connectivity index (χ1n) is 14.4. The van der Waals surface area contributed by atoms with E-state index < -0.39 is 0 Å². The molecule has 196 valence electrons. The predicted octanol–water partition coefficient (Wildman–Crippen LogP) is 7.80. The highest BCUT2D eigenvalue weighted by molar-refractivity contribution is 5.24. The highest BCUT2D eigenvalue weighted by atomic mass is 16.6. The van der Waals surface area contributed by atoms with Gasteiger partial charge in [-0.2, -0.15) is 0 Å². The van der Waals surface area contributed by atoms with Gasteiger partial charge in [-0.15, -0.1) is 0 Å². The van der Waals surface area contributed by atoms with Crippen molar-refractivity contribution in [2.45, 2.75) is 112 Å². The first-order valence-corrected chi connectivity index (χ1v) is 14.4. The van der Waals surface area contributed by atoms with Crippen molar-refractivity contribution in [1.82, 2.24) is 0 Å². The molecule has 1 N–H and O–H groups in total. The number of nitro groups is 1. The van der Waals surface area contributed by atoms with E-state index in [1.165, 1.54) is 43.9 Å². The summed E-state index contributed by atoms with van der Waals surface area (Å²) in [6.45, 7) is 19.1. The Bertz CT molecular complexity index is 940. The molecule has 4 nitrogen and oxygen atoms in total. The van der Waals surface area contributed by atoms with Gasteiger partial charge in [0.1, 0.15) is 0 Å². The van der Waals surface area contributed by atoms with Crippen LogP contribution in [0.2, 0.25) is 0 Å². The van der Waals surface area contributed by atoms with E-state index in [1.807, 2.05) is 6.08 Å². The van der Waals surface area contributed by atoms with Crippen LogP contribution in [0.3, 0.4) is 0 Å². The normalized spacial score (nSPS) is 52.8. The Hall–Kier alpha value is -1.16. The molecule has 0 aromatic rings. The summed E-state index contributed by atoms with van der Waals surface area (Å²) in [4.78, 5) is 11.1. The number of fused-ring (bicyclic) bond motifs is 7. The summed E-state index contributed by atoms with van der Waals surface area (Å²) in [5.74, 6) is 2.82. The second-order valence-corrected chi connectivity index (χ2v) is 14.9. The number of aliphatic hydroxyl groups is 1. The minimum absolute atomic E-state index is 0.0162. The van der Waals surface area contributed by atoms with Gasteiger partial charge in [-0.25, -0.2) is 0 Å². The van der Waals surface area contributed by atoms with E-state index in [2.05, 4.69) is 48.1 Å². The zero-order valence-electron chi connectivity index (χ0n) is 23.1. The SMILES string of the molecule is C=C(C)[C@@H]1CC[C@]2(/C=C/[N+](=O)[O-])CC[C@]3(C)[C@H](CC[C@@H]4[C@@]5(C)CC[C@H](O)C(C)(C)[C@@H]5CC[C@]43C)[C@@H]12. The summed E-state index contributed by atoms with van der Waals surface area (Å²) < 4.78 is 0. The van der Waals surface area contributed by atoms with Crippen molar-refractivity contribution in [1.29, 1.82) is 0 Å². The first-order chi connectivity index (χ1) is 16.2. The number of rotatable bonds is 3. The maximum atomic E-state index is 11.4. The van der Waals surface area contributed by atoms with Crippen molar-refractivity contribution in [3.63, 3.8) is 0 Å². The van der Waals surface area contributed by atoms with E-state index in [-0.39, 0.29) is 38.1 Å². The molecular weight excluding hydrogens is 434 g/mol. The average molecular weight is 484 g/mol. The van der Waals surface area contributed by atoms with Gasteiger partial charge in [0.25, 0.3) is 0 Å². The third-order valence-electron chi connectivity index (χ3n) is 13.6. The second-order valence-electron chi connectivity index (χ2n) is 14.9. The molecule has 0 saturated heterocycles. The quantitative estimate of drug-likeness (QED) is 0.253. The van der Waals surface area contributed by atoms with Gasteiger partial charge in [0, 0.05) is 0 Å². The lowest BCUT2D eigenvalue weighted by molar-refractivity contribution is -0.403. The third-order valence-corrected chi connectivity index (χ3v) is 13.6. The van der Waals surface area contributed by atoms with Crippen molar-refractivity contribution >= 4 is 0 Å². The zero-order chi connectivity index (χ0) is 25.6. The number of allylic oxidation sites excluding steroid dienone is 2. The molecule has 0 aromatic carbocycles. The van der Waals surface area contributed by atoms with Crippen LogP contribution in [0.15, 0.2) is 24.4 Å². The Morgan fingerprint density at radius 1 is 0.914 bits per heavy atom. The molecule has 0 heterocycles. The maximum Gasteiger partial charge on any atom is 0.231 e. The van der Waals surface area contributed by atoms with E-state index >= 15 is 0 Å². The summed E-state index contributed by atoms with van der Waals surface area (Å²) in [7, 11) is 0. The lowest BCUT2D eigenvalue weighted by atomic mass is 9.32. The van der Waals surface area contributed by atoms with Crippen LogP contribution >= 0.6 is 0 Å². The molecule has 0 radical (unpaired) electrons. The standard InChI is InChI=1S/C31H49NO3/c1-20(2)21-10-15-31(18-19-32(34)35)17-16-29(6)22(26(21)31)8-9-24-28(5)13-12-25(33)27(3,4)23(28)11-14-30(24,29)7/h18-19,21-26,33H,1,8-17H2,2-7H3/b19-18+/t21-,22+,23-,24+,25-,26+,28-,29+,30+,31+/m0/s1. The molecule has 5 aliphatic carbocycles. The van der Waals surface area contributed by atoms with Crippen LogP contribution in [-0.4, -0.2) is 16.1 Å². The molecule has 0 bridgehead atoms. The van der Waals surface area contributed by atoms with Crippen LogP contribution < -0.4 is 0 Å². The largest absolute Gasteiger partial charge is 0.393 e. The van der Waals surface area contributed by atoms with Gasteiger partial charge >= 0.3 is 0 Å². The van der Waals surface area contributed by atoms with Gasteiger partial charge in [0.05, 0.1) is 11.0 Å². The summed E-state index contributed by atoms with van der Waals surface area (Å²) in [5.41, 5.74) is 2.04. The lowest BCUT2D eigenvalue weighted by Gasteiger charge is -2.72. The van der Waals surface area contributed by atoms with Gasteiger partial charge in [0.2, 0.25) is 6.20 Å². The van der Waals surface area contributed by atoms with Crippen molar-refractivity contribution in [2.75, 3.05) is 0 Å². The first kappa shape index (κ1) is 25.5. The molecule has 0 aromatic heterocycles. The van der Waals surface area contributed by atoms with Crippen molar-refractivity contribution in [3.05, 3.63) is 34.5 Å². The molecule has 35 heavy (non-hydrogen) atoms. The van der Waals surface area contributed by atoms with Crippen molar-refractivity contribution in [3.8, 4) is 0 Å². The molecule has 0 amide bonds. The highest BCUT2D eigenvalue weighted by Gasteiger charge is 2.70. The van der Waals surface area contributed by atoms with Crippen molar-refractivity contribution < 1.29 is 10.0 Å². The van der Waals surface area contributed by atoms with Crippen LogP contribution in [0.1, 0.15) is 106 Å². The van der Waals surface area contributed by atoms with Crippen LogP contribution in [-0.2, 0) is 0 Å². The molecule has 5 fully saturated rings. The maximum absolute atomic E-state index is 11.4. The van der Waals surface area contributed by atoms with Gasteiger partial charge < -0.3 is 5.11 Å². The summed E-state index contributed by atoms with van der Waals surface area (Å²) in [5, 5.41) is 22.3. The van der Waals surface area contributed by atoms with Crippen LogP contribution in [0.5, 0.6) is 0 Å². The van der Waals surface area contributed by atoms with Gasteiger partial charge in [-0.1, -0.05) is 46.8 Å². The fourth-order valence-corrected chi connectivity index (χ4v) is 11.7. The zero-order valence-corrected chi connectivity index (χ0v) is 23.1. The van der Waals surface area contributed by atoms with Crippen LogP contribution in [0.25, 0.3) is 0 Å². The average Bonchev–Trinajstić information content (AvgIpc) is 3.16. The molecule has 4 heteroatoms. The molecule has 0 unspecified atom stereocenters. The fraction of sp³-hybridized carbons (Fsp3) is 0.871. The van der Waals surface area contributed by atoms with Gasteiger partial charge in [0.15, 0.2) is 0 Å². The summed E-state index contributed by atoms with van der Waals surface area (Å²) in [6, 6.07) is 0. The van der Waals surface area contributed by atoms with E-state index in [9.17, 15) is 15.2 Å². The minimum Gasteiger partial charge on any atom is -0.393 e. The van der Waals surface area contributed by atoms with E-state index in [0.29, 0.717) is 29.6 Å². The number of nitrogens with zero attached hydrogens (tertiary/aromatic N) is 1. The third kappa shape index (κ3) is 3.26. The van der Waals surface area contributed by atoms with Gasteiger partial charge in [-0.3, -0.25) is 10.1 Å². The Labute approximate surface area is 213 Å². The van der Waals surface area contributed by atoms with Crippen LogP contribution in [0.4, 0.5) is 0 Å². The second kappa shape index (κ2) is 7.92. The smallest absolute Gasteiger partial charge is 0.231 e. The van der Waals surface area contributed by atoms with E-state index in [4.69, 9.17) is 0 Å². The monoisotopic (exact) mass is 483 g/mol. The fourth-order valence-electron chi connectivity index (χ4n) is 11.7.